The van der Waals surface area contributed by atoms with Crippen molar-refractivity contribution in [1.29, 1.82) is 0 Å². The van der Waals surface area contributed by atoms with Gasteiger partial charge in [-0.2, -0.15) is 5.10 Å². The van der Waals surface area contributed by atoms with Gasteiger partial charge in [0.1, 0.15) is 12.4 Å². The van der Waals surface area contributed by atoms with Crippen LogP contribution < -0.4 is 10.1 Å². The molecule has 1 atom stereocenters. The number of nitrogens with zero attached hydrogens (tertiary/aromatic N) is 2. The summed E-state index contributed by atoms with van der Waals surface area (Å²) in [6.07, 6.45) is 0.876. The molecule has 2 aromatic rings. The summed E-state index contributed by atoms with van der Waals surface area (Å²) in [7, 11) is 3.91. The fourth-order valence-corrected chi connectivity index (χ4v) is 2.21. The van der Waals surface area contributed by atoms with Gasteiger partial charge in [-0.25, -0.2) is 0 Å². The van der Waals surface area contributed by atoms with Crippen LogP contribution in [-0.4, -0.2) is 29.5 Å². The maximum atomic E-state index is 5.85. The maximum Gasteiger partial charge on any atom is 0.119 e. The van der Waals surface area contributed by atoms with Gasteiger partial charge in [0.25, 0.3) is 0 Å². The molecular weight excluding hydrogens is 274 g/mol. The van der Waals surface area contributed by atoms with E-state index in [4.69, 9.17) is 16.3 Å². The normalized spacial score (nSPS) is 12.4. The molecule has 0 bridgehead atoms. The Labute approximate surface area is 124 Å². The highest BCUT2D eigenvalue weighted by Crippen LogP contribution is 2.16. The van der Waals surface area contributed by atoms with Gasteiger partial charge < -0.3 is 10.1 Å². The van der Waals surface area contributed by atoms with E-state index < -0.39 is 0 Å². The largest absolute Gasteiger partial charge is 0.492 e. The topological polar surface area (TPSA) is 39.1 Å². The number of halogens is 1. The number of hydrogen-bond acceptors (Lipinski definition) is 3. The fraction of sp³-hybridized carbons (Fsp3) is 0.400. The van der Waals surface area contributed by atoms with Gasteiger partial charge in [0, 0.05) is 30.2 Å². The molecule has 1 heterocycles. The van der Waals surface area contributed by atoms with E-state index in [0.717, 1.165) is 17.9 Å². The average molecular weight is 294 g/mol. The lowest BCUT2D eigenvalue weighted by Crippen LogP contribution is -2.34. The summed E-state index contributed by atoms with van der Waals surface area (Å²) in [5.41, 5.74) is 2.23. The lowest BCUT2D eigenvalue weighted by Gasteiger charge is -2.17. The Morgan fingerprint density at radius 1 is 1.35 bits per heavy atom. The summed E-state index contributed by atoms with van der Waals surface area (Å²) < 4.78 is 7.70. The lowest BCUT2D eigenvalue weighted by molar-refractivity contribution is 0.268. The van der Waals surface area contributed by atoms with Crippen LogP contribution in [0.2, 0.25) is 5.02 Å². The van der Waals surface area contributed by atoms with Crippen LogP contribution in [0.25, 0.3) is 0 Å². The van der Waals surface area contributed by atoms with Gasteiger partial charge in [0.15, 0.2) is 0 Å². The van der Waals surface area contributed by atoms with Crippen molar-refractivity contribution in [1.82, 2.24) is 15.1 Å². The Bertz CT molecular complexity index is 551. The van der Waals surface area contributed by atoms with Crippen molar-refractivity contribution in [2.45, 2.75) is 19.4 Å². The first kappa shape index (κ1) is 14.9. The predicted octanol–water partition coefficient (Wildman–Crippen LogP) is 2.59. The Morgan fingerprint density at radius 3 is 2.60 bits per heavy atom. The van der Waals surface area contributed by atoms with Crippen LogP contribution in [0.3, 0.4) is 0 Å². The SMILES string of the molecule is CNC(COc1ccc(Cl)cc1)Cc1cc(C)nn1C. The molecule has 20 heavy (non-hydrogen) atoms. The molecule has 0 saturated carbocycles. The molecule has 1 N–H and O–H groups in total. The number of rotatable bonds is 6. The average Bonchev–Trinajstić information content (AvgIpc) is 2.74. The second-order valence-electron chi connectivity index (χ2n) is 4.86. The Morgan fingerprint density at radius 2 is 2.05 bits per heavy atom. The molecule has 5 heteroatoms. The van der Waals surface area contributed by atoms with Gasteiger partial charge in [0.05, 0.1) is 5.69 Å². The first-order valence-electron chi connectivity index (χ1n) is 6.63. The van der Waals surface area contributed by atoms with Crippen LogP contribution in [0.4, 0.5) is 0 Å². The third-order valence-corrected chi connectivity index (χ3v) is 3.48. The molecule has 108 valence electrons. The quantitative estimate of drug-likeness (QED) is 0.890. The van der Waals surface area contributed by atoms with Gasteiger partial charge in [-0.1, -0.05) is 11.6 Å². The van der Waals surface area contributed by atoms with E-state index in [-0.39, 0.29) is 6.04 Å². The number of hydrogen-bond donors (Lipinski definition) is 1. The number of ether oxygens (including phenoxy) is 1. The van der Waals surface area contributed by atoms with E-state index in [1.165, 1.54) is 5.69 Å². The number of aromatic nitrogens is 2. The molecule has 0 aliphatic carbocycles. The van der Waals surface area contributed by atoms with Crippen molar-refractivity contribution in [3.8, 4) is 5.75 Å². The summed E-state index contributed by atoms with van der Waals surface area (Å²) in [6, 6.07) is 9.76. The molecule has 0 aliphatic rings. The molecule has 1 unspecified atom stereocenters. The van der Waals surface area contributed by atoms with Crippen molar-refractivity contribution < 1.29 is 4.74 Å². The van der Waals surface area contributed by atoms with E-state index in [1.807, 2.05) is 50.0 Å². The highest BCUT2D eigenvalue weighted by atomic mass is 35.5. The van der Waals surface area contributed by atoms with E-state index in [2.05, 4.69) is 16.5 Å². The van der Waals surface area contributed by atoms with Crippen LogP contribution in [0.5, 0.6) is 5.75 Å². The molecule has 0 amide bonds. The summed E-state index contributed by atoms with van der Waals surface area (Å²) in [5.74, 6) is 0.829. The zero-order valence-corrected chi connectivity index (χ0v) is 12.8. The minimum Gasteiger partial charge on any atom is -0.492 e. The van der Waals surface area contributed by atoms with E-state index >= 15 is 0 Å². The van der Waals surface area contributed by atoms with Crippen molar-refractivity contribution in [3.63, 3.8) is 0 Å². The van der Waals surface area contributed by atoms with E-state index in [1.54, 1.807) is 0 Å². The van der Waals surface area contributed by atoms with Crippen LogP contribution in [0.15, 0.2) is 30.3 Å². The Balaban J connectivity index is 1.92. The van der Waals surface area contributed by atoms with E-state index in [9.17, 15) is 0 Å². The Hall–Kier alpha value is -1.52. The third-order valence-electron chi connectivity index (χ3n) is 3.23. The first-order chi connectivity index (χ1) is 9.58. The lowest BCUT2D eigenvalue weighted by atomic mass is 10.1. The number of aryl methyl sites for hydroxylation is 2. The first-order valence-corrected chi connectivity index (χ1v) is 7.01. The maximum absolute atomic E-state index is 5.85. The van der Waals surface area contributed by atoms with Crippen LogP contribution >= 0.6 is 11.6 Å². The smallest absolute Gasteiger partial charge is 0.119 e. The van der Waals surface area contributed by atoms with Gasteiger partial charge in [-0.15, -0.1) is 0 Å². The van der Waals surface area contributed by atoms with Crippen molar-refractivity contribution in [2.75, 3.05) is 13.7 Å². The summed E-state index contributed by atoms with van der Waals surface area (Å²) >= 11 is 5.85. The van der Waals surface area contributed by atoms with Crippen LogP contribution in [0, 0.1) is 6.92 Å². The second kappa shape index (κ2) is 6.77. The molecule has 2 rings (SSSR count). The summed E-state index contributed by atoms with van der Waals surface area (Å²) in [4.78, 5) is 0. The van der Waals surface area contributed by atoms with Gasteiger partial charge in [0.2, 0.25) is 0 Å². The highest BCUT2D eigenvalue weighted by Gasteiger charge is 2.11. The van der Waals surface area contributed by atoms with Crippen molar-refractivity contribution >= 4 is 11.6 Å². The standard InChI is InChI=1S/C15H20ClN3O/c1-11-8-14(19(3)18-11)9-13(17-2)10-20-15-6-4-12(16)5-7-15/h4-8,13,17H,9-10H2,1-3H3. The number of benzene rings is 1. The Kier molecular flexibility index (Phi) is 5.04. The van der Waals surface area contributed by atoms with Gasteiger partial charge in [-0.05, 0) is 44.3 Å². The van der Waals surface area contributed by atoms with Crippen LogP contribution in [0.1, 0.15) is 11.4 Å². The molecule has 0 radical (unpaired) electrons. The monoisotopic (exact) mass is 293 g/mol. The minimum atomic E-state index is 0.237. The minimum absolute atomic E-state index is 0.237. The molecule has 0 spiro atoms. The van der Waals surface area contributed by atoms with Gasteiger partial charge >= 0.3 is 0 Å². The summed E-state index contributed by atoms with van der Waals surface area (Å²) in [6.45, 7) is 2.60. The number of likely N-dealkylation sites (N-methyl/N-ethyl adjacent to an activating group) is 1. The van der Waals surface area contributed by atoms with E-state index in [0.29, 0.717) is 11.6 Å². The zero-order valence-electron chi connectivity index (χ0n) is 12.1. The molecule has 0 saturated heterocycles. The summed E-state index contributed by atoms with van der Waals surface area (Å²) in [5, 5.41) is 8.35. The third kappa shape index (κ3) is 3.99. The number of nitrogens with one attached hydrogen (secondary N) is 1. The molecular formula is C15H20ClN3O. The second-order valence-corrected chi connectivity index (χ2v) is 5.29. The predicted molar refractivity (Wildman–Crippen MR) is 81.4 cm³/mol. The molecule has 0 fully saturated rings. The van der Waals surface area contributed by atoms with Crippen LogP contribution in [-0.2, 0) is 13.5 Å². The van der Waals surface area contributed by atoms with Crippen molar-refractivity contribution in [3.05, 3.63) is 46.7 Å². The van der Waals surface area contributed by atoms with Crippen molar-refractivity contribution in [2.24, 2.45) is 7.05 Å². The molecule has 1 aromatic heterocycles. The molecule has 0 aliphatic heterocycles. The van der Waals surface area contributed by atoms with Gasteiger partial charge in [-0.3, -0.25) is 4.68 Å². The molecule has 1 aromatic carbocycles. The zero-order chi connectivity index (χ0) is 14.5. The highest BCUT2D eigenvalue weighted by molar-refractivity contribution is 6.30. The fourth-order valence-electron chi connectivity index (χ4n) is 2.08. The molecule has 4 nitrogen and oxygen atoms in total.